The molecule has 6 aliphatic rings. The van der Waals surface area contributed by atoms with Gasteiger partial charge >= 0.3 is 0 Å². The molecule has 5 saturated heterocycles. The van der Waals surface area contributed by atoms with E-state index in [0.29, 0.717) is 68.0 Å². The van der Waals surface area contributed by atoms with Crippen molar-refractivity contribution >= 4 is 79.1 Å². The van der Waals surface area contributed by atoms with Gasteiger partial charge in [0.25, 0.3) is 11.8 Å². The van der Waals surface area contributed by atoms with Gasteiger partial charge in [-0.2, -0.15) is 4.98 Å². The van der Waals surface area contributed by atoms with Crippen LogP contribution < -0.4 is 25.3 Å². The lowest BCUT2D eigenvalue weighted by atomic mass is 9.93. The first-order valence-corrected chi connectivity index (χ1v) is 23.8. The number of piperidine rings is 2. The number of sulfone groups is 1. The Kier molecular flexibility index (Phi) is 11.1. The number of aromatic nitrogens is 4. The molecule has 0 aliphatic carbocycles. The fraction of sp³-hybridized carbons (Fsp3) is 0.444. The molecule has 5 atom stereocenters. The zero-order valence-electron chi connectivity index (χ0n) is 36.1. The second-order valence-electron chi connectivity index (χ2n) is 17.6. The van der Waals surface area contributed by atoms with Crippen LogP contribution >= 0.6 is 0 Å². The van der Waals surface area contributed by atoms with E-state index in [-0.39, 0.29) is 67.2 Å². The fourth-order valence-electron chi connectivity index (χ4n) is 10.3. The van der Waals surface area contributed by atoms with E-state index in [1.54, 1.807) is 46.6 Å². The number of anilines is 5. The van der Waals surface area contributed by atoms with Gasteiger partial charge in [-0.25, -0.2) is 22.8 Å². The van der Waals surface area contributed by atoms with Crippen molar-refractivity contribution < 1.29 is 41.5 Å². The fourth-order valence-corrected chi connectivity index (χ4v) is 12.2. The van der Waals surface area contributed by atoms with Gasteiger partial charge in [0.05, 0.1) is 58.4 Å². The maximum atomic E-state index is 14.8. The predicted molar refractivity (Wildman–Crippen MR) is 240 cm³/mol. The lowest BCUT2D eigenvalue weighted by molar-refractivity contribution is -0.136. The number of rotatable bonds is 10. The monoisotopic (exact) mass is 921 g/mol. The van der Waals surface area contributed by atoms with E-state index in [4.69, 9.17) is 14.7 Å². The van der Waals surface area contributed by atoms with Gasteiger partial charge in [0, 0.05) is 87.6 Å². The number of carbonyl (C=O) groups is 5. The highest BCUT2D eigenvalue weighted by Gasteiger charge is 2.47. The summed E-state index contributed by atoms with van der Waals surface area (Å²) in [5.74, 6) is -1.63. The van der Waals surface area contributed by atoms with Crippen molar-refractivity contribution in [2.75, 3.05) is 78.7 Å². The third kappa shape index (κ3) is 7.66. The standard InChI is InChI=1S/C45H48FN11O8S/c1-3-40(59)56-13-4-5-32(56)41-28-18-38(50-37-10-12-47-45(51-37)54-14-11-35(65-2)31(46)23-54)48-19-30(28)34(20-49-41)55-21-25(22-55)36-24-53(15-16-66(36,63)64)26-6-7-27-29(17-26)44(62)57(43(27)61)33-8-9-39(58)52-42(33)60/h3,6-7,10,12,17-20,25,31-33,35-36H,1,4-5,8-9,11,13-16,21-24H2,2H3,(H,52,58,60)(H,47,48,50,51)/t31-,32?,33?,35+,36?/m0/s1. The number of alkyl halides is 1. The molecule has 9 heterocycles. The molecule has 66 heavy (non-hydrogen) atoms. The molecule has 0 spiro atoms. The average Bonchev–Trinajstić information content (AvgIpc) is 3.88. The molecule has 21 heteroatoms. The summed E-state index contributed by atoms with van der Waals surface area (Å²) in [6.45, 7) is 6.11. The minimum atomic E-state index is -3.51. The highest BCUT2D eigenvalue weighted by Crippen LogP contribution is 2.42. The van der Waals surface area contributed by atoms with Crippen LogP contribution in [0.3, 0.4) is 0 Å². The van der Waals surface area contributed by atoms with Crippen molar-refractivity contribution in [2.24, 2.45) is 5.92 Å². The van der Waals surface area contributed by atoms with Crippen molar-refractivity contribution in [1.29, 1.82) is 0 Å². The summed E-state index contributed by atoms with van der Waals surface area (Å²) in [5.41, 5.74) is 2.33. The highest BCUT2D eigenvalue weighted by molar-refractivity contribution is 7.92. The predicted octanol–water partition coefficient (Wildman–Crippen LogP) is 2.72. The van der Waals surface area contributed by atoms with Crippen LogP contribution in [0.15, 0.2) is 61.6 Å². The Morgan fingerprint density at radius 2 is 1.70 bits per heavy atom. The zero-order valence-corrected chi connectivity index (χ0v) is 37.0. The molecule has 2 N–H and O–H groups in total. The van der Waals surface area contributed by atoms with Gasteiger partial charge in [0.2, 0.25) is 23.7 Å². The SMILES string of the molecule is C=CC(=O)N1CCCC1c1ncc(N2CC(C3CN(c4ccc5c(c4)C(=O)N(C4CCC(=O)NC4=O)C5=O)CCS3(=O)=O)C2)c2cnc(Nc3ccnc(N4CC[C@@H](OC)[C@@H](F)C4)n3)cc12. The summed E-state index contributed by atoms with van der Waals surface area (Å²) in [6.07, 6.45) is 6.80. The number of carbonyl (C=O) groups excluding carboxylic acids is 5. The molecule has 3 aromatic heterocycles. The van der Waals surface area contributed by atoms with E-state index in [9.17, 15) is 36.8 Å². The maximum absolute atomic E-state index is 14.8. The summed E-state index contributed by atoms with van der Waals surface area (Å²) in [6, 6.07) is 6.98. The molecule has 3 unspecified atom stereocenters. The lowest BCUT2D eigenvalue weighted by Gasteiger charge is -2.47. The minimum Gasteiger partial charge on any atom is -0.378 e. The van der Waals surface area contributed by atoms with Gasteiger partial charge in [-0.05, 0) is 62.1 Å². The third-order valence-corrected chi connectivity index (χ3v) is 16.1. The number of ether oxygens (including phenoxy) is 1. The number of hydrogen-bond donors (Lipinski definition) is 2. The molecule has 344 valence electrons. The van der Waals surface area contributed by atoms with Crippen LogP contribution in [0.4, 0.5) is 33.3 Å². The molecule has 0 saturated carbocycles. The average molecular weight is 922 g/mol. The molecule has 1 aromatic carbocycles. The molecule has 0 bridgehead atoms. The molecular formula is C45H48FN11O8S. The van der Waals surface area contributed by atoms with E-state index < -0.39 is 57.0 Å². The molecule has 10 rings (SSSR count). The first-order valence-electron chi connectivity index (χ1n) is 22.1. The Morgan fingerprint density at radius 3 is 2.47 bits per heavy atom. The summed E-state index contributed by atoms with van der Waals surface area (Å²) >= 11 is 0. The van der Waals surface area contributed by atoms with Crippen LogP contribution in [0.2, 0.25) is 0 Å². The number of benzene rings is 1. The number of halogens is 1. The zero-order chi connectivity index (χ0) is 46.0. The normalized spacial score (nSPS) is 25.5. The smallest absolute Gasteiger partial charge is 0.262 e. The second kappa shape index (κ2) is 17.0. The van der Waals surface area contributed by atoms with Gasteiger partial charge in [0.15, 0.2) is 9.84 Å². The first kappa shape index (κ1) is 43.3. The number of hydrogen-bond acceptors (Lipinski definition) is 16. The number of amides is 5. The van der Waals surface area contributed by atoms with Gasteiger partial charge in [0.1, 0.15) is 23.8 Å². The Bertz CT molecular complexity index is 2810. The second-order valence-corrected chi connectivity index (χ2v) is 20.0. The van der Waals surface area contributed by atoms with Gasteiger partial charge in [-0.3, -0.25) is 39.2 Å². The molecule has 5 amide bonds. The van der Waals surface area contributed by atoms with E-state index in [2.05, 4.69) is 32.1 Å². The van der Waals surface area contributed by atoms with E-state index >= 15 is 0 Å². The number of fused-ring (bicyclic) bond motifs is 2. The van der Waals surface area contributed by atoms with Crippen LogP contribution in [0.1, 0.15) is 64.6 Å². The van der Waals surface area contributed by atoms with Gasteiger partial charge in [-0.1, -0.05) is 6.58 Å². The Morgan fingerprint density at radius 1 is 0.879 bits per heavy atom. The number of nitrogens with one attached hydrogen (secondary N) is 2. The lowest BCUT2D eigenvalue weighted by Crippen LogP contribution is -2.60. The summed E-state index contributed by atoms with van der Waals surface area (Å²) < 4.78 is 47.5. The molecular weight excluding hydrogens is 874 g/mol. The molecule has 4 aromatic rings. The van der Waals surface area contributed by atoms with E-state index in [1.807, 2.05) is 11.0 Å². The van der Waals surface area contributed by atoms with Crippen LogP contribution in [-0.4, -0.2) is 150 Å². The summed E-state index contributed by atoms with van der Waals surface area (Å²) in [7, 11) is -2.01. The molecule has 0 radical (unpaired) electrons. The molecule has 5 fully saturated rings. The topological polar surface area (TPSA) is 221 Å². The molecule has 19 nitrogen and oxygen atoms in total. The number of methoxy groups -OCH3 is 1. The van der Waals surface area contributed by atoms with E-state index in [0.717, 1.165) is 27.8 Å². The van der Waals surface area contributed by atoms with Crippen molar-refractivity contribution in [3.05, 3.63) is 78.4 Å². The number of imide groups is 2. The van der Waals surface area contributed by atoms with Crippen LogP contribution in [0.5, 0.6) is 0 Å². The number of nitrogens with zero attached hydrogens (tertiary/aromatic N) is 9. The van der Waals surface area contributed by atoms with Crippen LogP contribution in [0, 0.1) is 5.92 Å². The van der Waals surface area contributed by atoms with Crippen molar-refractivity contribution in [1.82, 2.24) is 35.1 Å². The minimum absolute atomic E-state index is 0.00904. The number of likely N-dealkylation sites (tertiary alicyclic amines) is 1. The highest BCUT2D eigenvalue weighted by atomic mass is 32.2. The van der Waals surface area contributed by atoms with Crippen LogP contribution in [0.25, 0.3) is 10.8 Å². The summed E-state index contributed by atoms with van der Waals surface area (Å²) in [4.78, 5) is 91.5. The summed E-state index contributed by atoms with van der Waals surface area (Å²) in [5, 5.41) is 6.29. The van der Waals surface area contributed by atoms with Crippen molar-refractivity contribution in [3.63, 3.8) is 0 Å². The van der Waals surface area contributed by atoms with E-state index in [1.165, 1.54) is 19.3 Å². The largest absolute Gasteiger partial charge is 0.378 e. The molecule has 6 aliphatic heterocycles. The van der Waals surface area contributed by atoms with Crippen LogP contribution in [-0.2, 0) is 29.0 Å². The first-order chi connectivity index (χ1) is 31.8. The Balaban J connectivity index is 0.887. The Labute approximate surface area is 379 Å². The number of pyridine rings is 2. The third-order valence-electron chi connectivity index (χ3n) is 13.8. The van der Waals surface area contributed by atoms with Crippen molar-refractivity contribution in [3.8, 4) is 0 Å². The maximum Gasteiger partial charge on any atom is 0.262 e. The quantitative estimate of drug-likeness (QED) is 0.173. The Hall–Kier alpha value is -6.61. The van der Waals surface area contributed by atoms with Crippen molar-refractivity contribution in [2.45, 2.75) is 61.7 Å². The van der Waals surface area contributed by atoms with Gasteiger partial charge < -0.3 is 29.7 Å². The van der Waals surface area contributed by atoms with Gasteiger partial charge in [-0.15, -0.1) is 0 Å².